The Labute approximate surface area is 178 Å². The van der Waals surface area contributed by atoms with Crippen molar-refractivity contribution in [1.82, 2.24) is 9.97 Å². The quantitative estimate of drug-likeness (QED) is 0.421. The van der Waals surface area contributed by atoms with Gasteiger partial charge in [-0.15, -0.1) is 12.4 Å². The number of thiophene rings is 1. The number of ether oxygens (including phenoxy) is 3. The van der Waals surface area contributed by atoms with E-state index in [0.29, 0.717) is 23.9 Å². The van der Waals surface area contributed by atoms with E-state index in [9.17, 15) is 0 Å². The van der Waals surface area contributed by atoms with Gasteiger partial charge in [0.1, 0.15) is 24.5 Å². The van der Waals surface area contributed by atoms with Gasteiger partial charge in [-0.05, 0) is 52.7 Å². The van der Waals surface area contributed by atoms with Crippen molar-refractivity contribution in [2.45, 2.75) is 6.61 Å². The van der Waals surface area contributed by atoms with E-state index < -0.39 is 0 Å². The van der Waals surface area contributed by atoms with E-state index in [0.717, 1.165) is 22.3 Å². The monoisotopic (exact) mass is 429 g/mol. The number of anilines is 2. The minimum Gasteiger partial charge on any atom is -0.493 e. The third-order valence-electron chi connectivity index (χ3n) is 4.24. The average Bonchev–Trinajstić information content (AvgIpc) is 3.26. The Morgan fingerprint density at radius 3 is 2.41 bits per heavy atom. The maximum absolute atomic E-state index is 5.80. The minimum atomic E-state index is 0. The third-order valence-corrected chi connectivity index (χ3v) is 4.98. The van der Waals surface area contributed by atoms with Crippen LogP contribution in [-0.2, 0) is 6.61 Å². The van der Waals surface area contributed by atoms with Crippen molar-refractivity contribution in [2.24, 2.45) is 0 Å². The first-order valence-corrected chi connectivity index (χ1v) is 9.59. The van der Waals surface area contributed by atoms with Crippen molar-refractivity contribution in [3.63, 3.8) is 0 Å². The number of hydrogen-bond acceptors (Lipinski definition) is 7. The zero-order valence-electron chi connectivity index (χ0n) is 15.9. The van der Waals surface area contributed by atoms with E-state index in [-0.39, 0.29) is 12.4 Å². The van der Waals surface area contributed by atoms with Crippen molar-refractivity contribution in [3.8, 4) is 17.2 Å². The van der Waals surface area contributed by atoms with Gasteiger partial charge in [0.15, 0.2) is 11.5 Å². The first kappa shape index (κ1) is 20.7. The van der Waals surface area contributed by atoms with Gasteiger partial charge in [-0.2, -0.15) is 11.3 Å². The molecule has 0 atom stereocenters. The van der Waals surface area contributed by atoms with Crippen LogP contribution in [0.4, 0.5) is 11.5 Å². The summed E-state index contributed by atoms with van der Waals surface area (Å²) in [4.78, 5) is 8.70. The number of benzene rings is 2. The van der Waals surface area contributed by atoms with Gasteiger partial charge < -0.3 is 19.5 Å². The predicted octanol–water partition coefficient (Wildman–Crippen LogP) is 5.45. The largest absolute Gasteiger partial charge is 0.493 e. The number of fused-ring (bicyclic) bond motifs is 1. The molecule has 2 aromatic heterocycles. The summed E-state index contributed by atoms with van der Waals surface area (Å²) in [6, 6.07) is 13.5. The molecule has 29 heavy (non-hydrogen) atoms. The Balaban J connectivity index is 0.00000240. The highest BCUT2D eigenvalue weighted by Crippen LogP contribution is 2.34. The lowest BCUT2D eigenvalue weighted by molar-refractivity contribution is 0.307. The van der Waals surface area contributed by atoms with E-state index in [1.165, 1.54) is 11.9 Å². The van der Waals surface area contributed by atoms with E-state index >= 15 is 0 Å². The van der Waals surface area contributed by atoms with E-state index in [2.05, 4.69) is 26.7 Å². The lowest BCUT2D eigenvalue weighted by Gasteiger charge is -2.12. The topological polar surface area (TPSA) is 65.5 Å². The summed E-state index contributed by atoms with van der Waals surface area (Å²) in [5, 5.41) is 8.30. The minimum absolute atomic E-state index is 0. The second-order valence-corrected chi connectivity index (χ2v) is 6.80. The van der Waals surface area contributed by atoms with Crippen LogP contribution >= 0.6 is 23.7 Å². The number of nitrogens with zero attached hydrogens (tertiary/aromatic N) is 2. The van der Waals surface area contributed by atoms with Crippen LogP contribution in [0, 0.1) is 0 Å². The second kappa shape index (κ2) is 9.45. The van der Waals surface area contributed by atoms with Crippen molar-refractivity contribution in [2.75, 3.05) is 19.5 Å². The van der Waals surface area contributed by atoms with Gasteiger partial charge in [-0.1, -0.05) is 0 Å². The lowest BCUT2D eigenvalue weighted by atomic mass is 10.2. The van der Waals surface area contributed by atoms with Gasteiger partial charge in [-0.25, -0.2) is 9.97 Å². The van der Waals surface area contributed by atoms with E-state index in [1.807, 2.05) is 41.8 Å². The van der Waals surface area contributed by atoms with Crippen molar-refractivity contribution in [3.05, 3.63) is 65.1 Å². The molecule has 0 spiro atoms. The fraction of sp³-hybridized carbons (Fsp3) is 0.143. The van der Waals surface area contributed by atoms with Crippen LogP contribution in [0.5, 0.6) is 17.2 Å². The van der Waals surface area contributed by atoms with Crippen LogP contribution in [0.1, 0.15) is 5.56 Å². The molecule has 150 valence electrons. The fourth-order valence-corrected chi connectivity index (χ4v) is 3.45. The molecule has 8 heteroatoms. The van der Waals surface area contributed by atoms with Gasteiger partial charge >= 0.3 is 0 Å². The van der Waals surface area contributed by atoms with Gasteiger partial charge in [0.2, 0.25) is 0 Å². The number of hydrogen-bond donors (Lipinski definition) is 1. The lowest BCUT2D eigenvalue weighted by Crippen LogP contribution is -1.98. The Bertz CT molecular complexity index is 1070. The molecule has 0 bridgehead atoms. The molecule has 2 heterocycles. The smallest absolute Gasteiger partial charge is 0.162 e. The standard InChI is InChI=1S/C21H19N3O3S.ClH/c1-25-19-9-17-18(10-20(19)26-2)22-13-23-21(17)24-15-3-5-16(6-4-15)27-11-14-7-8-28-12-14;/h3-10,12-13H,11H2,1-2H3,(H,22,23,24);1H. The molecule has 0 radical (unpaired) electrons. The molecule has 0 fully saturated rings. The van der Waals surface area contributed by atoms with Crippen LogP contribution in [0.25, 0.3) is 10.9 Å². The Hall–Kier alpha value is -3.03. The summed E-state index contributed by atoms with van der Waals surface area (Å²) in [5.74, 6) is 2.77. The average molecular weight is 430 g/mol. The number of aromatic nitrogens is 2. The van der Waals surface area contributed by atoms with Crippen LogP contribution in [0.15, 0.2) is 59.6 Å². The van der Waals surface area contributed by atoms with Gasteiger partial charge in [0.05, 0.1) is 19.7 Å². The molecule has 0 saturated heterocycles. The first-order valence-electron chi connectivity index (χ1n) is 8.64. The van der Waals surface area contributed by atoms with Crippen LogP contribution in [-0.4, -0.2) is 24.2 Å². The second-order valence-electron chi connectivity index (χ2n) is 6.02. The summed E-state index contributed by atoms with van der Waals surface area (Å²) in [5.41, 5.74) is 2.84. The summed E-state index contributed by atoms with van der Waals surface area (Å²) < 4.78 is 16.5. The van der Waals surface area contributed by atoms with Crippen LogP contribution in [0.2, 0.25) is 0 Å². The Morgan fingerprint density at radius 2 is 1.72 bits per heavy atom. The van der Waals surface area contributed by atoms with Crippen LogP contribution < -0.4 is 19.5 Å². The molecular weight excluding hydrogens is 410 g/mol. The summed E-state index contributed by atoms with van der Waals surface area (Å²) in [6.45, 7) is 0.564. The van der Waals surface area contributed by atoms with Crippen molar-refractivity contribution in [1.29, 1.82) is 0 Å². The zero-order chi connectivity index (χ0) is 19.3. The van der Waals surface area contributed by atoms with Gasteiger partial charge in [-0.3, -0.25) is 0 Å². The summed E-state index contributed by atoms with van der Waals surface area (Å²) in [6.07, 6.45) is 1.52. The Kier molecular flexibility index (Phi) is 6.74. The molecule has 6 nitrogen and oxygen atoms in total. The molecule has 0 aliphatic heterocycles. The van der Waals surface area contributed by atoms with E-state index in [1.54, 1.807) is 25.6 Å². The molecule has 0 saturated carbocycles. The summed E-state index contributed by atoms with van der Waals surface area (Å²) in [7, 11) is 3.21. The molecule has 0 unspecified atom stereocenters. The van der Waals surface area contributed by atoms with Gasteiger partial charge in [0.25, 0.3) is 0 Å². The number of rotatable bonds is 7. The number of halogens is 1. The van der Waals surface area contributed by atoms with Crippen LogP contribution in [0.3, 0.4) is 0 Å². The summed E-state index contributed by atoms with van der Waals surface area (Å²) >= 11 is 1.67. The van der Waals surface area contributed by atoms with Crippen molar-refractivity contribution < 1.29 is 14.2 Å². The SMILES string of the molecule is COc1cc2ncnc(Nc3ccc(OCc4ccsc4)cc3)c2cc1OC.Cl. The number of nitrogens with one attached hydrogen (secondary N) is 1. The van der Waals surface area contributed by atoms with Crippen molar-refractivity contribution >= 4 is 46.2 Å². The highest BCUT2D eigenvalue weighted by Gasteiger charge is 2.11. The molecule has 4 rings (SSSR count). The van der Waals surface area contributed by atoms with E-state index in [4.69, 9.17) is 14.2 Å². The normalized spacial score (nSPS) is 10.3. The maximum Gasteiger partial charge on any atom is 0.162 e. The highest BCUT2D eigenvalue weighted by molar-refractivity contribution is 7.07. The van der Waals surface area contributed by atoms with Gasteiger partial charge in [0, 0.05) is 17.1 Å². The maximum atomic E-state index is 5.80. The zero-order valence-corrected chi connectivity index (χ0v) is 17.5. The molecule has 4 aromatic rings. The number of methoxy groups -OCH3 is 2. The molecule has 2 aromatic carbocycles. The Morgan fingerprint density at radius 1 is 0.966 bits per heavy atom. The predicted molar refractivity (Wildman–Crippen MR) is 118 cm³/mol. The third kappa shape index (κ3) is 4.70. The fourth-order valence-electron chi connectivity index (χ4n) is 2.80. The molecule has 0 aliphatic carbocycles. The first-order chi connectivity index (χ1) is 13.8. The molecular formula is C21H20ClN3O3S. The molecule has 0 amide bonds. The molecule has 0 aliphatic rings. The molecule has 1 N–H and O–H groups in total. The highest BCUT2D eigenvalue weighted by atomic mass is 35.5.